The molecule has 9 heteroatoms. The summed E-state index contributed by atoms with van der Waals surface area (Å²) in [5.41, 5.74) is 0.566. The van der Waals surface area contributed by atoms with Crippen molar-refractivity contribution in [2.24, 2.45) is 0 Å². The first kappa shape index (κ1) is 22.3. The van der Waals surface area contributed by atoms with E-state index in [0.717, 1.165) is 5.56 Å². The third kappa shape index (κ3) is 4.61. The number of aliphatic hydroxyl groups is 1. The second-order valence-electron chi connectivity index (χ2n) is 9.26. The van der Waals surface area contributed by atoms with Gasteiger partial charge in [-0.15, -0.1) is 10.2 Å². The minimum atomic E-state index is -0.978. The van der Waals surface area contributed by atoms with Crippen LogP contribution < -0.4 is 10.6 Å². The number of alkyl halides is 1. The van der Waals surface area contributed by atoms with Crippen molar-refractivity contribution in [1.82, 2.24) is 20.5 Å². The van der Waals surface area contributed by atoms with Crippen LogP contribution in [-0.2, 0) is 5.41 Å². The lowest BCUT2D eigenvalue weighted by atomic mass is 9.65. The van der Waals surface area contributed by atoms with Gasteiger partial charge in [-0.25, -0.2) is 8.78 Å². The van der Waals surface area contributed by atoms with Gasteiger partial charge >= 0.3 is 0 Å². The monoisotopic (exact) mass is 465 g/mol. The maximum atomic E-state index is 14.3. The Morgan fingerprint density at radius 2 is 1.91 bits per heavy atom. The third-order valence-electron chi connectivity index (χ3n) is 6.58. The van der Waals surface area contributed by atoms with Crippen LogP contribution in [0, 0.1) is 5.82 Å². The van der Waals surface area contributed by atoms with E-state index in [2.05, 4.69) is 25.8 Å². The molecule has 0 bridgehead atoms. The van der Waals surface area contributed by atoms with Crippen LogP contribution in [0.2, 0.25) is 0 Å². The lowest BCUT2D eigenvalue weighted by Gasteiger charge is -2.44. The van der Waals surface area contributed by atoms with Crippen molar-refractivity contribution in [3.63, 3.8) is 0 Å². The quantitative estimate of drug-likeness (QED) is 0.472. The number of rotatable bonds is 8. The van der Waals surface area contributed by atoms with Crippen LogP contribution >= 0.6 is 0 Å². The number of pyridine rings is 1. The van der Waals surface area contributed by atoms with E-state index in [1.165, 1.54) is 18.3 Å². The highest BCUT2D eigenvalue weighted by Crippen LogP contribution is 2.45. The number of nitrogens with zero attached hydrogens (tertiary/aromatic N) is 3. The van der Waals surface area contributed by atoms with Gasteiger partial charge in [0.2, 0.25) is 0 Å². The van der Waals surface area contributed by atoms with Crippen molar-refractivity contribution >= 4 is 11.7 Å². The number of nitrogens with one attached hydrogen (secondary N) is 2. The van der Waals surface area contributed by atoms with E-state index in [4.69, 9.17) is 0 Å². The zero-order chi connectivity index (χ0) is 23.8. The number of aromatic nitrogens is 3. The predicted octanol–water partition coefficient (Wildman–Crippen LogP) is 3.41. The topological polar surface area (TPSA) is 100 Å². The zero-order valence-electron chi connectivity index (χ0n) is 18.5. The highest BCUT2D eigenvalue weighted by Gasteiger charge is 2.48. The van der Waals surface area contributed by atoms with E-state index in [0.29, 0.717) is 29.9 Å². The summed E-state index contributed by atoms with van der Waals surface area (Å²) in [6.45, 7) is 0.528. The lowest BCUT2D eigenvalue weighted by molar-refractivity contribution is 0.0896. The van der Waals surface area contributed by atoms with Gasteiger partial charge in [-0.1, -0.05) is 12.1 Å². The second-order valence-corrected chi connectivity index (χ2v) is 9.26. The number of amides is 1. The molecule has 7 nitrogen and oxygen atoms in total. The minimum Gasteiger partial charge on any atom is -0.388 e. The summed E-state index contributed by atoms with van der Waals surface area (Å²) in [5, 5.41) is 24.3. The smallest absolute Gasteiger partial charge is 0.251 e. The molecule has 3 aromatic rings. The molecule has 2 fully saturated rings. The average Bonchev–Trinajstić information content (AvgIpc) is 3.58. The van der Waals surface area contributed by atoms with E-state index in [1.807, 2.05) is 6.07 Å². The first-order chi connectivity index (χ1) is 16.4. The van der Waals surface area contributed by atoms with Crippen molar-refractivity contribution < 1.29 is 18.7 Å². The van der Waals surface area contributed by atoms with Crippen LogP contribution in [0.1, 0.15) is 41.7 Å². The van der Waals surface area contributed by atoms with E-state index in [-0.39, 0.29) is 37.5 Å². The maximum Gasteiger partial charge on any atom is 0.251 e. The maximum absolute atomic E-state index is 14.3. The summed E-state index contributed by atoms with van der Waals surface area (Å²) < 4.78 is 28.1. The molecule has 5 rings (SSSR count). The average molecular weight is 466 g/mol. The molecular weight excluding hydrogens is 440 g/mol. The van der Waals surface area contributed by atoms with E-state index >= 15 is 0 Å². The van der Waals surface area contributed by atoms with Gasteiger partial charge in [-0.05, 0) is 62.1 Å². The molecule has 2 aromatic heterocycles. The molecule has 2 saturated carbocycles. The molecule has 0 saturated heterocycles. The number of hydrogen-bond acceptors (Lipinski definition) is 6. The fourth-order valence-electron chi connectivity index (χ4n) is 4.31. The van der Waals surface area contributed by atoms with Crippen LogP contribution in [0.4, 0.5) is 14.6 Å². The van der Waals surface area contributed by atoms with Crippen LogP contribution in [0.25, 0.3) is 11.3 Å². The van der Waals surface area contributed by atoms with Crippen molar-refractivity contribution in [3.05, 3.63) is 71.8 Å². The number of hydrogen-bond donors (Lipinski definition) is 3. The third-order valence-corrected chi connectivity index (χ3v) is 6.58. The Hall–Kier alpha value is -3.46. The molecule has 1 aromatic carbocycles. The highest BCUT2D eigenvalue weighted by atomic mass is 19.1. The van der Waals surface area contributed by atoms with Gasteiger partial charge in [0, 0.05) is 35.8 Å². The number of halogens is 2. The molecule has 2 aliphatic carbocycles. The van der Waals surface area contributed by atoms with Crippen LogP contribution in [0.15, 0.2) is 54.7 Å². The van der Waals surface area contributed by atoms with Gasteiger partial charge < -0.3 is 15.7 Å². The van der Waals surface area contributed by atoms with Crippen molar-refractivity contribution in [2.75, 3.05) is 18.4 Å². The molecule has 1 amide bonds. The van der Waals surface area contributed by atoms with E-state index < -0.39 is 23.0 Å². The van der Waals surface area contributed by atoms with Gasteiger partial charge in [0.25, 0.3) is 5.91 Å². The van der Waals surface area contributed by atoms with Crippen molar-refractivity contribution in [1.29, 1.82) is 0 Å². The largest absolute Gasteiger partial charge is 0.388 e. The zero-order valence-corrected chi connectivity index (χ0v) is 18.5. The Kier molecular flexibility index (Phi) is 5.73. The van der Waals surface area contributed by atoms with Gasteiger partial charge in [0.15, 0.2) is 0 Å². The minimum absolute atomic E-state index is 0.200. The molecule has 0 atom stereocenters. The standard InChI is InChI=1S/C25H25F2N5O2/c26-18-12-24(13-18,22-19(27)5-2-10-28-22)14-29-21-7-6-20(31-32-21)16-3-1-4-17(11-16)23(33)30-15-25(34)8-9-25/h1-7,10-11,18,34H,8-9,12-15H2,(H,29,32)(H,30,33)/t18-,24-. The SMILES string of the molecule is O=C(NCC1(O)CC1)c1cccc(-c2ccc(NC[C@]3(c4ncccc4F)C[C@H](F)C3)nn2)c1. The summed E-state index contributed by atoms with van der Waals surface area (Å²) in [6, 6.07) is 13.4. The van der Waals surface area contributed by atoms with Crippen LogP contribution in [0.3, 0.4) is 0 Å². The van der Waals surface area contributed by atoms with Crippen LogP contribution in [0.5, 0.6) is 0 Å². The molecule has 3 N–H and O–H groups in total. The number of carbonyl (C=O) groups excluding carboxylic acids is 1. The number of carbonyl (C=O) groups is 1. The first-order valence-electron chi connectivity index (χ1n) is 11.3. The number of benzene rings is 1. The Morgan fingerprint density at radius 3 is 2.59 bits per heavy atom. The highest BCUT2D eigenvalue weighted by molar-refractivity contribution is 5.95. The molecular formula is C25H25F2N5O2. The summed E-state index contributed by atoms with van der Waals surface area (Å²) in [5.74, 6) is -0.215. The van der Waals surface area contributed by atoms with Gasteiger partial charge in [0.1, 0.15) is 17.8 Å². The summed E-state index contributed by atoms with van der Waals surface area (Å²) >= 11 is 0. The lowest BCUT2D eigenvalue weighted by Crippen LogP contribution is -2.49. The molecule has 2 heterocycles. The van der Waals surface area contributed by atoms with Gasteiger partial charge in [-0.2, -0.15) is 0 Å². The first-order valence-corrected chi connectivity index (χ1v) is 11.3. The molecule has 0 radical (unpaired) electrons. The van der Waals surface area contributed by atoms with Crippen molar-refractivity contribution in [3.8, 4) is 11.3 Å². The summed E-state index contributed by atoms with van der Waals surface area (Å²) in [7, 11) is 0. The van der Waals surface area contributed by atoms with Crippen LogP contribution in [-0.4, -0.2) is 51.1 Å². The predicted molar refractivity (Wildman–Crippen MR) is 122 cm³/mol. The van der Waals surface area contributed by atoms with E-state index in [1.54, 1.807) is 30.3 Å². The summed E-state index contributed by atoms with van der Waals surface area (Å²) in [4.78, 5) is 16.6. The summed E-state index contributed by atoms with van der Waals surface area (Å²) in [6.07, 6.45) is 2.35. The Morgan fingerprint density at radius 1 is 1.09 bits per heavy atom. The molecule has 176 valence electrons. The Balaban J connectivity index is 1.25. The Labute approximate surface area is 195 Å². The molecule has 2 aliphatic rings. The molecule has 0 spiro atoms. The fourth-order valence-corrected chi connectivity index (χ4v) is 4.31. The second kappa shape index (κ2) is 8.72. The molecule has 34 heavy (non-hydrogen) atoms. The molecule has 0 unspecified atom stereocenters. The van der Waals surface area contributed by atoms with Crippen molar-refractivity contribution in [2.45, 2.75) is 42.9 Å². The van der Waals surface area contributed by atoms with E-state index in [9.17, 15) is 18.7 Å². The fraction of sp³-hybridized carbons (Fsp3) is 0.360. The van der Waals surface area contributed by atoms with Gasteiger partial charge in [-0.3, -0.25) is 9.78 Å². The Bertz CT molecular complexity index is 1190. The van der Waals surface area contributed by atoms with Gasteiger partial charge in [0.05, 0.1) is 17.0 Å². The molecule has 0 aliphatic heterocycles. The normalized spacial score (nSPS) is 22.5. The number of anilines is 1.